The molecule has 2 amide bonds. The molecule has 3 aromatic carbocycles. The highest BCUT2D eigenvalue weighted by Crippen LogP contribution is 2.24. The quantitative estimate of drug-likeness (QED) is 0.450. The van der Waals surface area contributed by atoms with Crippen LogP contribution in [0.15, 0.2) is 90.0 Å². The van der Waals surface area contributed by atoms with E-state index in [1.54, 1.807) is 24.3 Å². The lowest BCUT2D eigenvalue weighted by Gasteiger charge is -2.29. The van der Waals surface area contributed by atoms with Crippen LogP contribution in [0.5, 0.6) is 0 Å². The summed E-state index contributed by atoms with van der Waals surface area (Å²) < 4.78 is 0. The molecule has 0 bridgehead atoms. The Hall–Kier alpha value is -4.01. The number of hydrazine groups is 1. The van der Waals surface area contributed by atoms with Gasteiger partial charge in [0.05, 0.1) is 11.4 Å². The van der Waals surface area contributed by atoms with Crippen LogP contribution in [0.1, 0.15) is 28.8 Å². The van der Waals surface area contributed by atoms with Crippen LogP contribution >= 0.6 is 0 Å². The fourth-order valence-electron chi connectivity index (χ4n) is 4.46. The van der Waals surface area contributed by atoms with E-state index >= 15 is 0 Å². The molecule has 1 saturated heterocycles. The fraction of sp³-hybridized carbons (Fsp3) is 0.250. The second-order valence-corrected chi connectivity index (χ2v) is 9.17. The van der Waals surface area contributed by atoms with Gasteiger partial charge in [-0.05, 0) is 69.4 Å². The minimum atomic E-state index is -0.681. The maximum atomic E-state index is 13.4. The third-order valence-corrected chi connectivity index (χ3v) is 6.57. The fourth-order valence-corrected chi connectivity index (χ4v) is 4.46. The van der Waals surface area contributed by atoms with Crippen LogP contribution in [0, 0.1) is 0 Å². The van der Waals surface area contributed by atoms with Gasteiger partial charge >= 0.3 is 0 Å². The molecule has 184 valence electrons. The Kier molecular flexibility index (Phi) is 7.06. The average Bonchev–Trinajstić information content (AvgIpc) is 3.26. The van der Waals surface area contributed by atoms with Crippen molar-refractivity contribution in [2.45, 2.75) is 24.9 Å². The average molecular weight is 483 g/mol. The monoisotopic (exact) mass is 482 g/mol. The van der Waals surface area contributed by atoms with Gasteiger partial charge in [-0.25, -0.2) is 5.43 Å². The molecular weight excluding hydrogens is 452 g/mol. The van der Waals surface area contributed by atoms with Crippen LogP contribution in [0.4, 0.5) is 11.4 Å². The first-order valence-corrected chi connectivity index (χ1v) is 12.2. The third kappa shape index (κ3) is 5.30. The van der Waals surface area contributed by atoms with Gasteiger partial charge in [0.2, 0.25) is 0 Å². The number of carbonyl (C=O) groups is 2. The van der Waals surface area contributed by atoms with E-state index in [1.807, 2.05) is 60.7 Å². The number of nitrogens with one attached hydrogen (secondary N) is 3. The molecule has 0 radical (unpaired) electrons. The molecule has 3 aromatic rings. The summed E-state index contributed by atoms with van der Waals surface area (Å²) in [6.45, 7) is 1.97. The highest BCUT2D eigenvalue weighted by molar-refractivity contribution is 6.24. The Labute approximate surface area is 211 Å². The molecule has 36 heavy (non-hydrogen) atoms. The highest BCUT2D eigenvalue weighted by Gasteiger charge is 2.37. The molecule has 3 N–H and O–H groups in total. The first-order chi connectivity index (χ1) is 17.6. The molecule has 2 heterocycles. The molecule has 8 nitrogen and oxygen atoms in total. The van der Waals surface area contributed by atoms with Gasteiger partial charge in [-0.3, -0.25) is 9.59 Å². The summed E-state index contributed by atoms with van der Waals surface area (Å²) in [5, 5.41) is 9.19. The maximum absolute atomic E-state index is 13.4. The number of amides is 2. The van der Waals surface area contributed by atoms with Crippen LogP contribution in [0.2, 0.25) is 0 Å². The minimum Gasteiger partial charge on any atom is -0.349 e. The van der Waals surface area contributed by atoms with Gasteiger partial charge in [0.15, 0.2) is 6.04 Å². The van der Waals surface area contributed by atoms with Crippen LogP contribution in [-0.4, -0.2) is 54.6 Å². The first kappa shape index (κ1) is 23.7. The number of piperidine rings is 1. The van der Waals surface area contributed by atoms with E-state index in [1.165, 1.54) is 5.01 Å². The molecule has 1 atom stereocenters. The van der Waals surface area contributed by atoms with Crippen molar-refractivity contribution in [3.63, 3.8) is 0 Å². The first-order valence-electron chi connectivity index (χ1n) is 12.2. The van der Waals surface area contributed by atoms with Gasteiger partial charge < -0.3 is 15.6 Å². The number of benzene rings is 3. The van der Waals surface area contributed by atoms with Crippen molar-refractivity contribution in [1.82, 2.24) is 15.6 Å². The SMILES string of the molecule is CN1CCC(NC(=O)c2ccc(N3N=C(c4ccccc4)C(NNc4ccccc4)C3=O)cc2)CC1. The predicted octanol–water partition coefficient (Wildman–Crippen LogP) is 3.25. The van der Waals surface area contributed by atoms with Crippen molar-refractivity contribution in [1.29, 1.82) is 0 Å². The van der Waals surface area contributed by atoms with Crippen LogP contribution < -0.4 is 21.2 Å². The van der Waals surface area contributed by atoms with E-state index in [2.05, 4.69) is 33.2 Å². The van der Waals surface area contributed by atoms with Gasteiger partial charge in [0.1, 0.15) is 0 Å². The number of carbonyl (C=O) groups excluding carboxylic acids is 2. The Bertz CT molecular complexity index is 1220. The lowest BCUT2D eigenvalue weighted by atomic mass is 10.0. The number of likely N-dealkylation sites (tertiary alicyclic amines) is 1. The summed E-state index contributed by atoms with van der Waals surface area (Å²) >= 11 is 0. The Morgan fingerprint density at radius 3 is 2.19 bits per heavy atom. The maximum Gasteiger partial charge on any atom is 0.272 e. The van der Waals surface area contributed by atoms with Crippen molar-refractivity contribution in [2.24, 2.45) is 5.10 Å². The second-order valence-electron chi connectivity index (χ2n) is 9.17. The number of rotatable bonds is 7. The van der Waals surface area contributed by atoms with Crippen molar-refractivity contribution < 1.29 is 9.59 Å². The zero-order valence-corrected chi connectivity index (χ0v) is 20.2. The summed E-state index contributed by atoms with van der Waals surface area (Å²) in [5.74, 6) is -0.301. The Balaban J connectivity index is 1.32. The summed E-state index contributed by atoms with van der Waals surface area (Å²) in [6, 6.07) is 25.8. The summed E-state index contributed by atoms with van der Waals surface area (Å²) in [4.78, 5) is 28.5. The van der Waals surface area contributed by atoms with E-state index in [0.717, 1.165) is 37.2 Å². The van der Waals surface area contributed by atoms with E-state index < -0.39 is 6.04 Å². The van der Waals surface area contributed by atoms with E-state index in [0.29, 0.717) is 17.0 Å². The molecule has 2 aliphatic heterocycles. The summed E-state index contributed by atoms with van der Waals surface area (Å²) in [5.41, 5.74) is 9.74. The van der Waals surface area contributed by atoms with Gasteiger partial charge in [-0.15, -0.1) is 0 Å². The molecule has 8 heteroatoms. The Morgan fingerprint density at radius 1 is 0.889 bits per heavy atom. The molecule has 1 unspecified atom stereocenters. The molecule has 0 saturated carbocycles. The third-order valence-electron chi connectivity index (χ3n) is 6.57. The largest absolute Gasteiger partial charge is 0.349 e. The van der Waals surface area contributed by atoms with E-state index in [4.69, 9.17) is 0 Å². The molecule has 2 aliphatic rings. The topological polar surface area (TPSA) is 89.1 Å². The highest BCUT2D eigenvalue weighted by atomic mass is 16.2. The standard InChI is InChI=1S/C28H30N6O2/c1-33-18-16-22(17-19-33)29-27(35)21-12-14-24(15-13-21)34-28(36)26(31-30-23-10-6-3-7-11-23)25(32-34)20-8-4-2-5-9-20/h2-15,22,26,30-31H,16-19H2,1H3,(H,29,35). The number of para-hydroxylation sites is 1. The van der Waals surface area contributed by atoms with Crippen molar-refractivity contribution in [3.05, 3.63) is 96.1 Å². The number of nitrogens with zero attached hydrogens (tertiary/aromatic N) is 3. The molecule has 1 fully saturated rings. The zero-order chi connectivity index (χ0) is 24.9. The van der Waals surface area contributed by atoms with Crippen LogP contribution in [0.25, 0.3) is 0 Å². The number of anilines is 2. The lowest BCUT2D eigenvalue weighted by Crippen LogP contribution is -2.46. The van der Waals surface area contributed by atoms with Crippen LogP contribution in [-0.2, 0) is 4.79 Å². The Morgan fingerprint density at radius 2 is 1.53 bits per heavy atom. The molecule has 0 aromatic heterocycles. The van der Waals surface area contributed by atoms with Gasteiger partial charge in [-0.2, -0.15) is 10.1 Å². The molecular formula is C28H30N6O2. The molecule has 5 rings (SSSR count). The summed E-state index contributed by atoms with van der Waals surface area (Å²) in [6.07, 6.45) is 1.90. The lowest BCUT2D eigenvalue weighted by molar-refractivity contribution is -0.118. The van der Waals surface area contributed by atoms with E-state index in [9.17, 15) is 9.59 Å². The summed E-state index contributed by atoms with van der Waals surface area (Å²) in [7, 11) is 2.10. The normalized spacial score (nSPS) is 18.7. The molecule has 0 aliphatic carbocycles. The number of hydrogen-bond donors (Lipinski definition) is 3. The van der Waals surface area contributed by atoms with Crippen molar-refractivity contribution >= 4 is 28.9 Å². The van der Waals surface area contributed by atoms with Crippen LogP contribution in [0.3, 0.4) is 0 Å². The zero-order valence-electron chi connectivity index (χ0n) is 20.2. The van der Waals surface area contributed by atoms with Gasteiger partial charge in [0.25, 0.3) is 11.8 Å². The predicted molar refractivity (Wildman–Crippen MR) is 142 cm³/mol. The van der Waals surface area contributed by atoms with Crippen molar-refractivity contribution in [2.75, 3.05) is 30.6 Å². The number of hydrazone groups is 1. The van der Waals surface area contributed by atoms with Gasteiger partial charge in [-0.1, -0.05) is 48.5 Å². The minimum absolute atomic E-state index is 0.0936. The smallest absolute Gasteiger partial charge is 0.272 e. The van der Waals surface area contributed by atoms with Crippen molar-refractivity contribution in [3.8, 4) is 0 Å². The van der Waals surface area contributed by atoms with Gasteiger partial charge in [0, 0.05) is 22.9 Å². The second kappa shape index (κ2) is 10.7. The van der Waals surface area contributed by atoms with E-state index in [-0.39, 0.29) is 17.9 Å². The molecule has 0 spiro atoms. The number of hydrogen-bond acceptors (Lipinski definition) is 6.